The third-order valence-corrected chi connectivity index (χ3v) is 4.06. The summed E-state index contributed by atoms with van der Waals surface area (Å²) >= 11 is 0. The highest BCUT2D eigenvalue weighted by atomic mass is 14.1. The smallest absolute Gasteiger partial charge is 0.0106 e. The number of hydrogen-bond donors (Lipinski definition) is 0. The van der Waals surface area contributed by atoms with Crippen molar-refractivity contribution in [3.63, 3.8) is 0 Å². The Morgan fingerprint density at radius 1 is 0.882 bits per heavy atom. The Balaban J connectivity index is -0.000000208. The summed E-state index contributed by atoms with van der Waals surface area (Å²) in [6.45, 7) is 34.6. The molecule has 0 N–H and O–H groups in total. The summed E-state index contributed by atoms with van der Waals surface area (Å²) in [7, 11) is 0. The van der Waals surface area contributed by atoms with Crippen molar-refractivity contribution >= 4 is 5.57 Å². The van der Waals surface area contributed by atoms with E-state index >= 15 is 0 Å². The van der Waals surface area contributed by atoms with Crippen molar-refractivity contribution in [3.05, 3.63) is 90.5 Å². The molecule has 34 heavy (non-hydrogen) atoms. The summed E-state index contributed by atoms with van der Waals surface area (Å²) in [6, 6.07) is 17.0. The SMILES string of the molecule is C/C=C(\C)CC.C=C(C)c1ccc(C)cc1-c1ccccc1.C=CCC.CC.CC.CC(C)C. The largest absolute Gasteiger partial charge is 0.103 e. The van der Waals surface area contributed by atoms with Gasteiger partial charge in [-0.15, -0.1) is 6.58 Å². The molecule has 0 fully saturated rings. The van der Waals surface area contributed by atoms with Crippen LogP contribution in [0.3, 0.4) is 0 Å². The highest BCUT2D eigenvalue weighted by molar-refractivity contribution is 5.80. The quantitative estimate of drug-likeness (QED) is 0.393. The maximum atomic E-state index is 4.04. The number of aryl methyl sites for hydroxylation is 1. The van der Waals surface area contributed by atoms with E-state index in [4.69, 9.17) is 0 Å². The molecular formula is C34H58. The van der Waals surface area contributed by atoms with Gasteiger partial charge in [0.15, 0.2) is 0 Å². The van der Waals surface area contributed by atoms with Gasteiger partial charge < -0.3 is 0 Å². The van der Waals surface area contributed by atoms with Crippen molar-refractivity contribution in [2.24, 2.45) is 5.92 Å². The minimum atomic E-state index is 0.833. The highest BCUT2D eigenvalue weighted by Gasteiger charge is 2.05. The number of rotatable bonds is 4. The molecule has 0 heterocycles. The van der Waals surface area contributed by atoms with Crippen molar-refractivity contribution in [1.29, 1.82) is 0 Å². The van der Waals surface area contributed by atoms with Crippen molar-refractivity contribution < 1.29 is 0 Å². The van der Waals surface area contributed by atoms with E-state index in [9.17, 15) is 0 Å². The normalized spacial score (nSPS) is 9.06. The van der Waals surface area contributed by atoms with Gasteiger partial charge in [-0.25, -0.2) is 0 Å². The maximum Gasteiger partial charge on any atom is -0.0106 e. The molecule has 2 aromatic rings. The van der Waals surface area contributed by atoms with E-state index in [1.807, 2.05) is 39.8 Å². The zero-order valence-corrected chi connectivity index (χ0v) is 25.2. The third-order valence-electron chi connectivity index (χ3n) is 4.06. The second kappa shape index (κ2) is 28.7. The van der Waals surface area contributed by atoms with Gasteiger partial charge in [-0.1, -0.05) is 146 Å². The van der Waals surface area contributed by atoms with Crippen LogP contribution in [0.4, 0.5) is 0 Å². The molecule has 2 aromatic carbocycles. The number of hydrogen-bond acceptors (Lipinski definition) is 0. The van der Waals surface area contributed by atoms with Crippen LogP contribution in [-0.2, 0) is 0 Å². The Kier molecular flexibility index (Phi) is 32.8. The maximum absolute atomic E-state index is 4.04. The molecule has 0 atom stereocenters. The molecular weight excluding hydrogens is 408 g/mol. The zero-order valence-electron chi connectivity index (χ0n) is 25.2. The Morgan fingerprint density at radius 2 is 1.32 bits per heavy atom. The van der Waals surface area contributed by atoms with Gasteiger partial charge in [-0.3, -0.25) is 0 Å². The molecule has 0 spiro atoms. The van der Waals surface area contributed by atoms with Gasteiger partial charge in [0.2, 0.25) is 0 Å². The van der Waals surface area contributed by atoms with E-state index < -0.39 is 0 Å². The van der Waals surface area contributed by atoms with Gasteiger partial charge in [0.05, 0.1) is 0 Å². The summed E-state index contributed by atoms with van der Waals surface area (Å²) in [5.41, 5.74) is 7.62. The first-order valence-corrected chi connectivity index (χ1v) is 13.2. The predicted molar refractivity (Wildman–Crippen MR) is 165 cm³/mol. The molecule has 2 rings (SSSR count). The number of allylic oxidation sites excluding steroid dienone is 4. The summed E-state index contributed by atoms with van der Waals surface area (Å²) in [6.07, 6.45) is 6.29. The van der Waals surface area contributed by atoms with Crippen molar-refractivity contribution in [3.8, 4) is 11.1 Å². The topological polar surface area (TPSA) is 0 Å². The Labute approximate surface area is 215 Å². The summed E-state index contributed by atoms with van der Waals surface area (Å²) in [4.78, 5) is 0. The van der Waals surface area contributed by atoms with E-state index in [1.165, 1.54) is 34.2 Å². The molecule has 0 heteroatoms. The first kappa shape index (κ1) is 38.9. The van der Waals surface area contributed by atoms with Crippen LogP contribution in [0.2, 0.25) is 0 Å². The van der Waals surface area contributed by atoms with E-state index in [-0.39, 0.29) is 0 Å². The van der Waals surface area contributed by atoms with Crippen molar-refractivity contribution in [2.75, 3.05) is 0 Å². The first-order valence-electron chi connectivity index (χ1n) is 13.2. The summed E-state index contributed by atoms with van der Waals surface area (Å²) in [5.74, 6) is 0.833. The molecule has 0 aliphatic heterocycles. The lowest BCUT2D eigenvalue weighted by Crippen LogP contribution is -1.87. The van der Waals surface area contributed by atoms with Crippen LogP contribution in [0.15, 0.2) is 79.4 Å². The number of benzene rings is 2. The molecule has 194 valence electrons. The van der Waals surface area contributed by atoms with Gasteiger partial charge in [-0.05, 0) is 63.1 Å². The van der Waals surface area contributed by atoms with Crippen LogP contribution < -0.4 is 0 Å². The van der Waals surface area contributed by atoms with Crippen LogP contribution in [0, 0.1) is 12.8 Å². The first-order chi connectivity index (χ1) is 16.1. The van der Waals surface area contributed by atoms with Gasteiger partial charge >= 0.3 is 0 Å². The molecule has 0 amide bonds. The van der Waals surface area contributed by atoms with E-state index in [2.05, 4.69) is 124 Å². The van der Waals surface area contributed by atoms with Gasteiger partial charge in [-0.2, -0.15) is 0 Å². The molecule has 0 nitrogen and oxygen atoms in total. The molecule has 0 saturated heterocycles. The van der Waals surface area contributed by atoms with Crippen LogP contribution >= 0.6 is 0 Å². The fourth-order valence-corrected chi connectivity index (χ4v) is 2.09. The average molecular weight is 467 g/mol. The summed E-state index contributed by atoms with van der Waals surface area (Å²) in [5, 5.41) is 0. The standard InChI is InChI=1S/C16H16.C6H12.C4H10.C4H8.2C2H6/c1-12(2)15-10-9-13(3)11-16(15)14-7-5-4-6-8-14;1-4-6(3)5-2;1-4(2)3;1-3-4-2;2*1-2/h4-11H,1H2,2-3H3;4H,5H2,1-3H3;4H,1-3H3;3H,1,4H2,2H3;2*1-2H3/b;6-4+;;;;. The lowest BCUT2D eigenvalue weighted by atomic mass is 9.94. The van der Waals surface area contributed by atoms with Gasteiger partial charge in [0.1, 0.15) is 0 Å². The van der Waals surface area contributed by atoms with Crippen LogP contribution in [0.5, 0.6) is 0 Å². The summed E-state index contributed by atoms with van der Waals surface area (Å²) < 4.78 is 0. The molecule has 0 saturated carbocycles. The van der Waals surface area contributed by atoms with Crippen LogP contribution in [0.25, 0.3) is 16.7 Å². The molecule has 0 bridgehead atoms. The van der Waals surface area contributed by atoms with Crippen LogP contribution in [0.1, 0.15) is 107 Å². The van der Waals surface area contributed by atoms with Crippen LogP contribution in [-0.4, -0.2) is 0 Å². The van der Waals surface area contributed by atoms with E-state index in [0.717, 1.165) is 17.9 Å². The highest BCUT2D eigenvalue weighted by Crippen LogP contribution is 2.28. The lowest BCUT2D eigenvalue weighted by Gasteiger charge is -2.10. The average Bonchev–Trinajstić information content (AvgIpc) is 2.86. The fraction of sp³-hybridized carbons (Fsp3) is 0.471. The zero-order chi connectivity index (χ0) is 27.5. The monoisotopic (exact) mass is 466 g/mol. The Hall–Kier alpha value is -2.34. The van der Waals surface area contributed by atoms with E-state index in [0.29, 0.717) is 0 Å². The molecule has 0 aliphatic carbocycles. The minimum Gasteiger partial charge on any atom is -0.103 e. The second-order valence-corrected chi connectivity index (χ2v) is 8.11. The Morgan fingerprint density at radius 3 is 1.62 bits per heavy atom. The van der Waals surface area contributed by atoms with Crippen molar-refractivity contribution in [1.82, 2.24) is 0 Å². The predicted octanol–water partition coefficient (Wildman–Crippen LogP) is 12.4. The third kappa shape index (κ3) is 24.3. The molecule has 0 aliphatic rings. The minimum absolute atomic E-state index is 0.833. The van der Waals surface area contributed by atoms with Gasteiger partial charge in [0, 0.05) is 0 Å². The fourth-order valence-electron chi connectivity index (χ4n) is 2.09. The van der Waals surface area contributed by atoms with Gasteiger partial charge in [0.25, 0.3) is 0 Å². The molecule has 0 aromatic heterocycles. The molecule has 0 unspecified atom stereocenters. The van der Waals surface area contributed by atoms with Crippen molar-refractivity contribution in [2.45, 2.75) is 103 Å². The second-order valence-electron chi connectivity index (χ2n) is 8.11. The van der Waals surface area contributed by atoms with E-state index in [1.54, 1.807) is 0 Å². The Bertz CT molecular complexity index is 727. The molecule has 0 radical (unpaired) electrons. The lowest BCUT2D eigenvalue weighted by molar-refractivity contribution is 0.737.